The van der Waals surface area contributed by atoms with E-state index in [0.717, 1.165) is 30.6 Å². The molecule has 0 radical (unpaired) electrons. The van der Waals surface area contributed by atoms with E-state index in [-0.39, 0.29) is 29.8 Å². The van der Waals surface area contributed by atoms with E-state index >= 15 is 0 Å². The highest BCUT2D eigenvalue weighted by Crippen LogP contribution is 2.60. The van der Waals surface area contributed by atoms with Crippen LogP contribution < -0.4 is 10.1 Å². The average molecular weight is 400 g/mol. The van der Waals surface area contributed by atoms with E-state index in [0.29, 0.717) is 31.0 Å². The number of carbonyl (C=O) groups is 2. The highest BCUT2D eigenvalue weighted by atomic mass is 16.5. The standard InChI is InChI=1S/C24H33NO4/c1-3-28-20-7-5-19(6-8-20)21(12-22(26)29-4-2)25-23(27)24-13-16-9-17(14-24)11-18(10-16)15-24/h5-8,16-18,21H,3-4,9-15H2,1-2H3,(H,25,27)/t16?,17?,18?,21-,24?/m1/s1. The largest absolute Gasteiger partial charge is 0.494 e. The highest BCUT2D eigenvalue weighted by molar-refractivity contribution is 5.84. The van der Waals surface area contributed by atoms with Crippen LogP contribution in [0.15, 0.2) is 24.3 Å². The Kier molecular flexibility index (Phi) is 5.84. The van der Waals surface area contributed by atoms with Crippen molar-refractivity contribution in [3.63, 3.8) is 0 Å². The minimum absolute atomic E-state index is 0.139. The molecule has 1 aromatic carbocycles. The van der Waals surface area contributed by atoms with Crippen molar-refractivity contribution in [3.8, 4) is 5.75 Å². The molecular weight excluding hydrogens is 366 g/mol. The number of carbonyl (C=O) groups excluding carboxylic acids is 2. The third kappa shape index (κ3) is 4.29. The van der Waals surface area contributed by atoms with Crippen LogP contribution in [0.2, 0.25) is 0 Å². The van der Waals surface area contributed by atoms with Crippen LogP contribution in [-0.2, 0) is 14.3 Å². The van der Waals surface area contributed by atoms with Gasteiger partial charge in [-0.1, -0.05) is 12.1 Å². The molecule has 5 nitrogen and oxygen atoms in total. The van der Waals surface area contributed by atoms with Gasteiger partial charge in [0, 0.05) is 5.41 Å². The monoisotopic (exact) mass is 399 g/mol. The second-order valence-electron chi connectivity index (χ2n) is 9.24. The van der Waals surface area contributed by atoms with Crippen LogP contribution in [0.1, 0.15) is 70.4 Å². The summed E-state index contributed by atoms with van der Waals surface area (Å²) in [5.41, 5.74) is 0.687. The maximum absolute atomic E-state index is 13.5. The van der Waals surface area contributed by atoms with Gasteiger partial charge in [0.15, 0.2) is 0 Å². The topological polar surface area (TPSA) is 64.6 Å². The van der Waals surface area contributed by atoms with Gasteiger partial charge in [-0.2, -0.15) is 0 Å². The lowest BCUT2D eigenvalue weighted by Crippen LogP contribution is -2.54. The second kappa shape index (κ2) is 8.37. The summed E-state index contributed by atoms with van der Waals surface area (Å²) in [6.45, 7) is 4.70. The highest BCUT2D eigenvalue weighted by Gasteiger charge is 2.54. The van der Waals surface area contributed by atoms with Crippen LogP contribution in [0, 0.1) is 23.2 Å². The molecule has 4 saturated carbocycles. The van der Waals surface area contributed by atoms with Gasteiger partial charge >= 0.3 is 5.97 Å². The molecule has 0 unspecified atom stereocenters. The lowest BCUT2D eigenvalue weighted by atomic mass is 9.49. The Morgan fingerprint density at radius 2 is 1.59 bits per heavy atom. The first-order valence-corrected chi connectivity index (χ1v) is 11.2. The maximum atomic E-state index is 13.5. The first kappa shape index (κ1) is 20.2. The molecule has 5 heteroatoms. The van der Waals surface area contributed by atoms with E-state index in [2.05, 4.69) is 5.32 Å². The average Bonchev–Trinajstić information content (AvgIpc) is 2.67. The van der Waals surface area contributed by atoms with Gasteiger partial charge in [0.1, 0.15) is 5.75 Å². The van der Waals surface area contributed by atoms with E-state index in [1.54, 1.807) is 6.92 Å². The van der Waals surface area contributed by atoms with Crippen LogP contribution in [-0.4, -0.2) is 25.1 Å². The predicted octanol–water partition coefficient (Wildman–Crippen LogP) is 4.41. The molecule has 5 rings (SSSR count). The summed E-state index contributed by atoms with van der Waals surface area (Å²) < 4.78 is 10.7. The van der Waals surface area contributed by atoms with Gasteiger partial charge in [0.2, 0.25) is 5.91 Å². The van der Waals surface area contributed by atoms with Crippen molar-refractivity contribution in [2.75, 3.05) is 13.2 Å². The van der Waals surface area contributed by atoms with E-state index in [9.17, 15) is 9.59 Å². The predicted molar refractivity (Wildman–Crippen MR) is 110 cm³/mol. The van der Waals surface area contributed by atoms with Gasteiger partial charge in [0.05, 0.1) is 25.7 Å². The molecule has 0 aliphatic heterocycles. The van der Waals surface area contributed by atoms with Crippen LogP contribution in [0.4, 0.5) is 0 Å². The Labute approximate surface area is 173 Å². The van der Waals surface area contributed by atoms with Crippen molar-refractivity contribution in [1.82, 2.24) is 5.32 Å². The molecule has 1 amide bonds. The minimum atomic E-state index is -0.370. The Morgan fingerprint density at radius 1 is 1.00 bits per heavy atom. The fraction of sp³-hybridized carbons (Fsp3) is 0.667. The smallest absolute Gasteiger partial charge is 0.308 e. The molecule has 0 saturated heterocycles. The van der Waals surface area contributed by atoms with Gasteiger partial charge < -0.3 is 14.8 Å². The normalized spacial score (nSPS) is 30.6. The van der Waals surface area contributed by atoms with Crippen LogP contribution in [0.3, 0.4) is 0 Å². The van der Waals surface area contributed by atoms with Gasteiger partial charge in [-0.25, -0.2) is 0 Å². The zero-order valence-electron chi connectivity index (χ0n) is 17.6. The zero-order valence-corrected chi connectivity index (χ0v) is 17.6. The number of amides is 1. The molecule has 0 aromatic heterocycles. The van der Waals surface area contributed by atoms with Crippen molar-refractivity contribution in [2.45, 2.75) is 64.8 Å². The molecule has 0 heterocycles. The summed E-state index contributed by atoms with van der Waals surface area (Å²) in [6, 6.07) is 7.30. The molecule has 1 atom stereocenters. The number of ether oxygens (including phenoxy) is 2. The first-order chi connectivity index (χ1) is 14.0. The Hall–Kier alpha value is -2.04. The van der Waals surface area contributed by atoms with Crippen LogP contribution >= 0.6 is 0 Å². The molecule has 4 aliphatic carbocycles. The maximum Gasteiger partial charge on any atom is 0.308 e. The van der Waals surface area contributed by atoms with Crippen LogP contribution in [0.25, 0.3) is 0 Å². The molecule has 1 N–H and O–H groups in total. The zero-order chi connectivity index (χ0) is 20.4. The Morgan fingerprint density at radius 3 is 2.10 bits per heavy atom. The van der Waals surface area contributed by atoms with Crippen molar-refractivity contribution in [2.24, 2.45) is 23.2 Å². The summed E-state index contributed by atoms with van der Waals surface area (Å²) in [6.07, 6.45) is 7.10. The second-order valence-corrected chi connectivity index (χ2v) is 9.24. The number of nitrogens with one attached hydrogen (secondary N) is 1. The van der Waals surface area contributed by atoms with Crippen LogP contribution in [0.5, 0.6) is 5.75 Å². The van der Waals surface area contributed by atoms with E-state index in [1.165, 1.54) is 19.3 Å². The fourth-order valence-corrected chi connectivity index (χ4v) is 6.30. The van der Waals surface area contributed by atoms with Gasteiger partial charge in [-0.3, -0.25) is 9.59 Å². The number of benzene rings is 1. The van der Waals surface area contributed by atoms with Crippen molar-refractivity contribution >= 4 is 11.9 Å². The number of hydrogen-bond donors (Lipinski definition) is 1. The summed E-state index contributed by atoms with van der Waals surface area (Å²) in [7, 11) is 0. The Bertz CT molecular complexity index is 706. The number of rotatable bonds is 8. The quantitative estimate of drug-likeness (QED) is 0.658. The summed E-state index contributed by atoms with van der Waals surface area (Å²) >= 11 is 0. The first-order valence-electron chi connectivity index (χ1n) is 11.2. The molecule has 29 heavy (non-hydrogen) atoms. The molecule has 4 aliphatic rings. The third-order valence-corrected chi connectivity index (χ3v) is 7.09. The molecule has 4 bridgehead atoms. The summed E-state index contributed by atoms with van der Waals surface area (Å²) in [4.78, 5) is 25.7. The van der Waals surface area contributed by atoms with E-state index < -0.39 is 0 Å². The van der Waals surface area contributed by atoms with Crippen molar-refractivity contribution in [3.05, 3.63) is 29.8 Å². The van der Waals surface area contributed by atoms with Gasteiger partial charge in [0.25, 0.3) is 0 Å². The Balaban J connectivity index is 1.51. The molecule has 4 fully saturated rings. The molecule has 158 valence electrons. The SMILES string of the molecule is CCOC(=O)C[C@@H](NC(=O)C12CC3CC(CC(C3)C1)C2)c1ccc(OCC)cc1. The lowest BCUT2D eigenvalue weighted by Gasteiger charge is -2.55. The third-order valence-electron chi connectivity index (χ3n) is 7.09. The number of esters is 1. The van der Waals surface area contributed by atoms with Gasteiger partial charge in [-0.05, 0) is 87.8 Å². The van der Waals surface area contributed by atoms with Crippen molar-refractivity contribution in [1.29, 1.82) is 0 Å². The number of hydrogen-bond acceptors (Lipinski definition) is 4. The summed E-state index contributed by atoms with van der Waals surface area (Å²) in [5.74, 6) is 2.78. The van der Waals surface area contributed by atoms with E-state index in [4.69, 9.17) is 9.47 Å². The van der Waals surface area contributed by atoms with Gasteiger partial charge in [-0.15, -0.1) is 0 Å². The molecular formula is C24H33NO4. The molecule has 1 aromatic rings. The fourth-order valence-electron chi connectivity index (χ4n) is 6.30. The molecule has 0 spiro atoms. The van der Waals surface area contributed by atoms with Crippen molar-refractivity contribution < 1.29 is 19.1 Å². The van der Waals surface area contributed by atoms with E-state index in [1.807, 2.05) is 31.2 Å². The lowest BCUT2D eigenvalue weighted by molar-refractivity contribution is -0.148. The summed E-state index contributed by atoms with van der Waals surface area (Å²) in [5, 5.41) is 3.25. The minimum Gasteiger partial charge on any atom is -0.494 e.